The molecule has 0 saturated carbocycles. The van der Waals surface area contributed by atoms with Crippen LogP contribution in [-0.2, 0) is 6.42 Å². The van der Waals surface area contributed by atoms with E-state index in [1.807, 2.05) is 32.0 Å². The highest BCUT2D eigenvalue weighted by molar-refractivity contribution is 5.95. The van der Waals surface area contributed by atoms with Crippen LogP contribution in [0.5, 0.6) is 5.75 Å². The lowest BCUT2D eigenvalue weighted by Crippen LogP contribution is -2.03. The highest BCUT2D eigenvalue weighted by Crippen LogP contribution is 2.27. The fraction of sp³-hybridized carbons (Fsp3) is 0.400. The summed E-state index contributed by atoms with van der Waals surface area (Å²) in [4.78, 5) is 8.81. The molecule has 0 atom stereocenters. The summed E-state index contributed by atoms with van der Waals surface area (Å²) in [5.41, 5.74) is 7.25. The van der Waals surface area contributed by atoms with Crippen molar-refractivity contribution in [2.75, 3.05) is 19.5 Å². The zero-order valence-electron chi connectivity index (χ0n) is 13.1. The number of aromatic nitrogens is 4. The molecule has 0 fully saturated rings. The van der Waals surface area contributed by atoms with Crippen LogP contribution in [0.25, 0.3) is 16.6 Å². The van der Waals surface area contributed by atoms with Crippen molar-refractivity contribution >= 4 is 22.5 Å². The summed E-state index contributed by atoms with van der Waals surface area (Å²) in [6.07, 6.45) is 1.22. The van der Waals surface area contributed by atoms with Gasteiger partial charge in [-0.25, -0.2) is 9.97 Å². The third-order valence-corrected chi connectivity index (χ3v) is 3.11. The first kappa shape index (κ1) is 16.0. The number of fused-ring (bicyclic) bond motifs is 3. The molecule has 0 saturated heterocycles. The van der Waals surface area contributed by atoms with Gasteiger partial charge in [-0.2, -0.15) is 4.52 Å². The van der Waals surface area contributed by atoms with Gasteiger partial charge in [0.15, 0.2) is 11.5 Å². The number of aryl methyl sites for hydroxylation is 1. The van der Waals surface area contributed by atoms with Gasteiger partial charge in [0.1, 0.15) is 11.3 Å². The number of nitrogens with two attached hydrogens (primary N) is 1. The van der Waals surface area contributed by atoms with E-state index in [0.29, 0.717) is 35.6 Å². The molecule has 22 heavy (non-hydrogen) atoms. The largest absolute Gasteiger partial charge is 0.494 e. The summed E-state index contributed by atoms with van der Waals surface area (Å²) in [6, 6.07) is 5.61. The summed E-state index contributed by atoms with van der Waals surface area (Å²) >= 11 is 0. The Morgan fingerprint density at radius 2 is 2.05 bits per heavy atom. The van der Waals surface area contributed by atoms with Crippen molar-refractivity contribution < 1.29 is 9.84 Å². The fourth-order valence-corrected chi connectivity index (χ4v) is 2.18. The predicted octanol–water partition coefficient (Wildman–Crippen LogP) is 1.82. The minimum absolute atomic E-state index is 0.109. The van der Waals surface area contributed by atoms with Crippen LogP contribution in [0.3, 0.4) is 0 Å². The highest BCUT2D eigenvalue weighted by atomic mass is 16.5. The maximum absolute atomic E-state index is 8.88. The SMILES string of the molecule is CC.COc1cccc2c1nc(N)n1nc(CCCO)nc21. The summed E-state index contributed by atoms with van der Waals surface area (Å²) in [7, 11) is 1.59. The zero-order chi connectivity index (χ0) is 16.1. The van der Waals surface area contributed by atoms with Crippen molar-refractivity contribution in [1.29, 1.82) is 0 Å². The number of benzene rings is 1. The summed E-state index contributed by atoms with van der Waals surface area (Å²) < 4.78 is 6.82. The average molecular weight is 303 g/mol. The lowest BCUT2D eigenvalue weighted by molar-refractivity contribution is 0.287. The summed E-state index contributed by atoms with van der Waals surface area (Å²) in [6.45, 7) is 4.11. The number of methoxy groups -OCH3 is 1. The van der Waals surface area contributed by atoms with E-state index >= 15 is 0 Å². The molecule has 2 aromatic heterocycles. The molecule has 7 heteroatoms. The van der Waals surface area contributed by atoms with Crippen LogP contribution in [-0.4, -0.2) is 38.4 Å². The van der Waals surface area contributed by atoms with Crippen LogP contribution < -0.4 is 10.5 Å². The molecule has 3 aromatic rings. The second kappa shape index (κ2) is 7.04. The quantitative estimate of drug-likeness (QED) is 0.763. The second-order valence-electron chi connectivity index (χ2n) is 4.42. The molecule has 0 bridgehead atoms. The number of anilines is 1. The molecule has 0 aliphatic carbocycles. The van der Waals surface area contributed by atoms with E-state index in [1.165, 1.54) is 4.52 Å². The number of rotatable bonds is 4. The molecule has 0 aliphatic rings. The lowest BCUT2D eigenvalue weighted by Gasteiger charge is -2.06. The van der Waals surface area contributed by atoms with Crippen LogP contribution in [0.4, 0.5) is 5.95 Å². The third kappa shape index (κ3) is 2.80. The van der Waals surface area contributed by atoms with Gasteiger partial charge in [-0.1, -0.05) is 19.9 Å². The maximum Gasteiger partial charge on any atom is 0.223 e. The van der Waals surface area contributed by atoms with E-state index in [-0.39, 0.29) is 12.6 Å². The smallest absolute Gasteiger partial charge is 0.223 e. The first-order valence-corrected chi connectivity index (χ1v) is 7.33. The zero-order valence-corrected chi connectivity index (χ0v) is 13.1. The van der Waals surface area contributed by atoms with Gasteiger partial charge in [0.05, 0.1) is 7.11 Å². The first-order chi connectivity index (χ1) is 10.7. The molecule has 0 spiro atoms. The molecular weight excluding hydrogens is 282 g/mol. The number of nitrogen functional groups attached to an aromatic ring is 1. The molecule has 0 unspecified atom stereocenters. The van der Waals surface area contributed by atoms with Crippen molar-refractivity contribution in [2.45, 2.75) is 26.7 Å². The van der Waals surface area contributed by atoms with Gasteiger partial charge in [-0.3, -0.25) is 0 Å². The lowest BCUT2D eigenvalue weighted by atomic mass is 10.2. The van der Waals surface area contributed by atoms with Gasteiger partial charge < -0.3 is 15.6 Å². The maximum atomic E-state index is 8.88. The van der Waals surface area contributed by atoms with Gasteiger partial charge in [0.25, 0.3) is 0 Å². The molecule has 3 rings (SSSR count). The van der Waals surface area contributed by atoms with E-state index in [2.05, 4.69) is 15.1 Å². The van der Waals surface area contributed by atoms with Crippen molar-refractivity contribution in [3.8, 4) is 5.75 Å². The fourth-order valence-electron chi connectivity index (χ4n) is 2.18. The minimum atomic E-state index is 0.109. The van der Waals surface area contributed by atoms with E-state index in [0.717, 1.165) is 5.39 Å². The standard InChI is InChI=1S/C13H15N5O2.C2H6/c1-20-9-5-2-4-8-11(9)16-13(14)18-12(8)15-10(17-18)6-3-7-19;1-2/h2,4-5,19H,3,6-7H2,1H3,(H2,14,16);1-2H3. The monoisotopic (exact) mass is 303 g/mol. The molecular formula is C15H21N5O2. The Hall–Kier alpha value is -2.41. The van der Waals surface area contributed by atoms with Gasteiger partial charge in [0.2, 0.25) is 5.95 Å². The van der Waals surface area contributed by atoms with Crippen molar-refractivity contribution in [3.63, 3.8) is 0 Å². The molecule has 7 nitrogen and oxygen atoms in total. The number of aliphatic hydroxyl groups excluding tert-OH is 1. The minimum Gasteiger partial charge on any atom is -0.494 e. The molecule has 1 aromatic carbocycles. The van der Waals surface area contributed by atoms with Crippen LogP contribution in [0.2, 0.25) is 0 Å². The Morgan fingerprint density at radius 1 is 1.27 bits per heavy atom. The Labute approximate surface area is 128 Å². The second-order valence-corrected chi connectivity index (χ2v) is 4.42. The van der Waals surface area contributed by atoms with Gasteiger partial charge in [-0.15, -0.1) is 5.10 Å². The Kier molecular flexibility index (Phi) is 5.11. The van der Waals surface area contributed by atoms with E-state index in [4.69, 9.17) is 15.6 Å². The third-order valence-electron chi connectivity index (χ3n) is 3.11. The summed E-state index contributed by atoms with van der Waals surface area (Å²) in [5.74, 6) is 1.55. The number of hydrogen-bond donors (Lipinski definition) is 2. The number of hydrogen-bond acceptors (Lipinski definition) is 6. The van der Waals surface area contributed by atoms with Gasteiger partial charge >= 0.3 is 0 Å². The number of para-hydroxylation sites is 1. The number of ether oxygens (including phenoxy) is 1. The average Bonchev–Trinajstić information content (AvgIpc) is 2.99. The van der Waals surface area contributed by atoms with E-state index < -0.39 is 0 Å². The molecule has 0 radical (unpaired) electrons. The topological polar surface area (TPSA) is 98.6 Å². The van der Waals surface area contributed by atoms with Crippen molar-refractivity contribution in [1.82, 2.24) is 19.6 Å². The molecule has 118 valence electrons. The molecule has 2 heterocycles. The normalized spacial score (nSPS) is 10.5. The highest BCUT2D eigenvalue weighted by Gasteiger charge is 2.13. The number of aliphatic hydroxyl groups is 1. The van der Waals surface area contributed by atoms with Crippen molar-refractivity contribution in [2.24, 2.45) is 0 Å². The van der Waals surface area contributed by atoms with Crippen LogP contribution >= 0.6 is 0 Å². The van der Waals surface area contributed by atoms with Crippen LogP contribution in [0, 0.1) is 0 Å². The first-order valence-electron chi connectivity index (χ1n) is 7.33. The number of nitrogens with zero attached hydrogens (tertiary/aromatic N) is 4. The molecule has 0 amide bonds. The Morgan fingerprint density at radius 3 is 2.73 bits per heavy atom. The van der Waals surface area contributed by atoms with Crippen molar-refractivity contribution in [3.05, 3.63) is 24.0 Å². The summed E-state index contributed by atoms with van der Waals surface area (Å²) in [5, 5.41) is 14.0. The Balaban J connectivity index is 0.000000847. The van der Waals surface area contributed by atoms with Gasteiger partial charge in [-0.05, 0) is 18.6 Å². The van der Waals surface area contributed by atoms with E-state index in [1.54, 1.807) is 7.11 Å². The molecule has 3 N–H and O–H groups in total. The Bertz CT molecular complexity index is 769. The van der Waals surface area contributed by atoms with E-state index in [9.17, 15) is 0 Å². The van der Waals surface area contributed by atoms with Crippen LogP contribution in [0.15, 0.2) is 18.2 Å². The van der Waals surface area contributed by atoms with Gasteiger partial charge in [0, 0.05) is 18.4 Å². The molecule has 0 aliphatic heterocycles. The van der Waals surface area contributed by atoms with Crippen LogP contribution in [0.1, 0.15) is 26.1 Å². The predicted molar refractivity (Wildman–Crippen MR) is 86.0 cm³/mol.